The molecule has 3 saturated carbocycles. The molecule has 0 unspecified atom stereocenters. The second kappa shape index (κ2) is 8.65. The van der Waals surface area contributed by atoms with Crippen LogP contribution in [0.2, 0.25) is 0 Å². The number of esters is 2. The van der Waals surface area contributed by atoms with Crippen molar-refractivity contribution in [2.45, 2.75) is 122 Å². The number of hydrogen-bond donors (Lipinski definition) is 4. The molecule has 36 heavy (non-hydrogen) atoms. The number of aliphatic hydroxyl groups excluding tert-OH is 1. The summed E-state index contributed by atoms with van der Waals surface area (Å²) in [6.07, 6.45) is 3.39. The van der Waals surface area contributed by atoms with E-state index in [1.807, 2.05) is 6.08 Å². The summed E-state index contributed by atoms with van der Waals surface area (Å²) in [7, 11) is 0. The van der Waals surface area contributed by atoms with Crippen LogP contribution in [0.5, 0.6) is 0 Å². The third kappa shape index (κ3) is 3.40. The Hall–Kier alpha value is -1.74. The van der Waals surface area contributed by atoms with E-state index in [0.717, 1.165) is 5.57 Å². The SMILES string of the molecule is C/C=C(\C)C(=O)O[C@@H]1C[C@H]2[C@@]3(C)CC[C@H](O)CC3=CC[C@@]2(O)[C@@]2(O)CC[C@@](O)([C@H](C)OC(C)=O)[C@@]12C. The first-order valence-corrected chi connectivity index (χ1v) is 13.2. The molecule has 3 fully saturated rings. The molecule has 4 rings (SSSR count). The number of rotatable bonds is 4. The van der Waals surface area contributed by atoms with Gasteiger partial charge in [0, 0.05) is 18.4 Å². The predicted octanol–water partition coefficient (Wildman–Crippen LogP) is 2.71. The second-order valence-corrected chi connectivity index (χ2v) is 12.1. The Morgan fingerprint density at radius 1 is 1.14 bits per heavy atom. The predicted molar refractivity (Wildman–Crippen MR) is 132 cm³/mol. The summed E-state index contributed by atoms with van der Waals surface area (Å²) in [5.41, 5.74) is -5.78. The maximum absolute atomic E-state index is 13.0. The molecule has 4 N–H and O–H groups in total. The summed E-state index contributed by atoms with van der Waals surface area (Å²) in [5.74, 6) is -1.59. The third-order valence-electron chi connectivity index (χ3n) is 10.6. The number of fused-ring (bicyclic) bond motifs is 5. The Kier molecular flexibility index (Phi) is 6.56. The van der Waals surface area contributed by atoms with Crippen LogP contribution >= 0.6 is 0 Å². The van der Waals surface area contributed by atoms with Crippen molar-refractivity contribution in [1.82, 2.24) is 0 Å². The Labute approximate surface area is 213 Å². The van der Waals surface area contributed by atoms with Gasteiger partial charge in [0.25, 0.3) is 0 Å². The van der Waals surface area contributed by atoms with Crippen molar-refractivity contribution in [3.63, 3.8) is 0 Å². The smallest absolute Gasteiger partial charge is 0.333 e. The van der Waals surface area contributed by atoms with Gasteiger partial charge >= 0.3 is 11.9 Å². The van der Waals surface area contributed by atoms with Crippen molar-refractivity contribution >= 4 is 11.9 Å². The monoisotopic (exact) mass is 506 g/mol. The quantitative estimate of drug-likeness (QED) is 0.260. The van der Waals surface area contributed by atoms with Crippen molar-refractivity contribution in [3.8, 4) is 0 Å². The Morgan fingerprint density at radius 3 is 2.42 bits per heavy atom. The van der Waals surface area contributed by atoms with Crippen molar-refractivity contribution in [1.29, 1.82) is 0 Å². The van der Waals surface area contributed by atoms with Crippen molar-refractivity contribution in [2.24, 2.45) is 16.7 Å². The van der Waals surface area contributed by atoms with Crippen LogP contribution in [0.15, 0.2) is 23.3 Å². The molecule has 0 spiro atoms. The molecule has 0 aromatic heterocycles. The standard InChI is InChI=1S/C28H42O8/c1-7-16(2)23(31)36-22-15-21-24(5)10-9-20(30)14-19(24)8-11-27(21,33)28(34)13-12-26(32,25(22,28)6)17(3)35-18(4)29/h7-8,17,20-22,30,32-34H,9-15H2,1-6H3/b16-7+/t17-,20-,21-,22+,24-,25+,26+,27-,28+/m0/s1. The van der Waals surface area contributed by atoms with Gasteiger partial charge in [-0.1, -0.05) is 31.6 Å². The van der Waals surface area contributed by atoms with Gasteiger partial charge in [-0.3, -0.25) is 4.79 Å². The molecule has 8 nitrogen and oxygen atoms in total. The van der Waals surface area contributed by atoms with E-state index in [1.54, 1.807) is 33.8 Å². The molecular formula is C28H42O8. The largest absolute Gasteiger partial charge is 0.460 e. The summed E-state index contributed by atoms with van der Waals surface area (Å²) in [6, 6.07) is 0. The highest BCUT2D eigenvalue weighted by atomic mass is 16.6. The van der Waals surface area contributed by atoms with Gasteiger partial charge in [0.1, 0.15) is 29.0 Å². The van der Waals surface area contributed by atoms with E-state index in [9.17, 15) is 30.0 Å². The maximum Gasteiger partial charge on any atom is 0.333 e. The lowest BCUT2D eigenvalue weighted by atomic mass is 9.42. The summed E-state index contributed by atoms with van der Waals surface area (Å²) in [5, 5.41) is 47.4. The minimum Gasteiger partial charge on any atom is -0.460 e. The fourth-order valence-electron chi connectivity index (χ4n) is 8.18. The van der Waals surface area contributed by atoms with Gasteiger partial charge in [-0.25, -0.2) is 4.79 Å². The first kappa shape index (κ1) is 27.3. The normalized spacial score (nSPS) is 47.1. The van der Waals surface area contributed by atoms with Crippen LogP contribution in [0.3, 0.4) is 0 Å². The van der Waals surface area contributed by atoms with E-state index in [-0.39, 0.29) is 25.7 Å². The number of aliphatic hydroxyl groups is 4. The van der Waals surface area contributed by atoms with Gasteiger partial charge in [0.05, 0.1) is 11.5 Å². The highest BCUT2D eigenvalue weighted by molar-refractivity contribution is 5.87. The number of hydrogen-bond acceptors (Lipinski definition) is 8. The van der Waals surface area contributed by atoms with E-state index in [0.29, 0.717) is 24.8 Å². The minimum atomic E-state index is -1.83. The zero-order valence-electron chi connectivity index (χ0n) is 22.3. The number of carbonyl (C=O) groups excluding carboxylic acids is 2. The highest BCUT2D eigenvalue weighted by Gasteiger charge is 2.81. The van der Waals surface area contributed by atoms with Gasteiger partial charge in [0.2, 0.25) is 0 Å². The van der Waals surface area contributed by atoms with E-state index >= 15 is 0 Å². The topological polar surface area (TPSA) is 134 Å². The summed E-state index contributed by atoms with van der Waals surface area (Å²) >= 11 is 0. The van der Waals surface area contributed by atoms with E-state index in [1.165, 1.54) is 6.92 Å². The molecule has 0 aromatic rings. The molecule has 0 amide bonds. The molecule has 0 heterocycles. The fourth-order valence-corrected chi connectivity index (χ4v) is 8.18. The first-order valence-electron chi connectivity index (χ1n) is 13.2. The summed E-state index contributed by atoms with van der Waals surface area (Å²) in [4.78, 5) is 24.9. The van der Waals surface area contributed by atoms with Crippen LogP contribution in [-0.2, 0) is 19.1 Å². The van der Waals surface area contributed by atoms with Crippen LogP contribution in [0.1, 0.15) is 86.5 Å². The Bertz CT molecular complexity index is 1000. The van der Waals surface area contributed by atoms with E-state index in [4.69, 9.17) is 9.47 Å². The van der Waals surface area contributed by atoms with Gasteiger partial charge in [-0.2, -0.15) is 0 Å². The van der Waals surface area contributed by atoms with Crippen molar-refractivity contribution in [3.05, 3.63) is 23.3 Å². The molecule has 0 bridgehead atoms. The summed E-state index contributed by atoms with van der Waals surface area (Å²) < 4.78 is 11.5. The highest BCUT2D eigenvalue weighted by Crippen LogP contribution is 2.71. The molecule has 202 valence electrons. The van der Waals surface area contributed by atoms with Crippen LogP contribution in [0.4, 0.5) is 0 Å². The fraction of sp³-hybridized carbons (Fsp3) is 0.786. The Morgan fingerprint density at radius 2 is 1.81 bits per heavy atom. The lowest BCUT2D eigenvalue weighted by Crippen LogP contribution is -2.78. The number of ether oxygens (including phenoxy) is 2. The molecule has 0 aromatic carbocycles. The lowest BCUT2D eigenvalue weighted by molar-refractivity contribution is -0.326. The molecule has 9 atom stereocenters. The third-order valence-corrected chi connectivity index (χ3v) is 10.6. The number of carbonyl (C=O) groups is 2. The van der Waals surface area contributed by atoms with Gasteiger partial charge in [-0.05, 0) is 71.1 Å². The zero-order chi connectivity index (χ0) is 26.9. The molecule has 0 saturated heterocycles. The van der Waals surface area contributed by atoms with Crippen LogP contribution in [-0.4, -0.2) is 67.5 Å². The molecule has 0 radical (unpaired) electrons. The minimum absolute atomic E-state index is 0.0527. The summed E-state index contributed by atoms with van der Waals surface area (Å²) in [6.45, 7) is 9.92. The average Bonchev–Trinajstić information content (AvgIpc) is 3.04. The molecule has 8 heteroatoms. The van der Waals surface area contributed by atoms with Crippen molar-refractivity contribution < 1.29 is 39.5 Å². The van der Waals surface area contributed by atoms with E-state index in [2.05, 4.69) is 6.92 Å². The van der Waals surface area contributed by atoms with Crippen LogP contribution < -0.4 is 0 Å². The second-order valence-electron chi connectivity index (χ2n) is 12.1. The van der Waals surface area contributed by atoms with Gasteiger partial charge in [-0.15, -0.1) is 0 Å². The van der Waals surface area contributed by atoms with Crippen LogP contribution in [0, 0.1) is 16.7 Å². The van der Waals surface area contributed by atoms with Gasteiger partial charge in [0.15, 0.2) is 0 Å². The molecular weight excluding hydrogens is 464 g/mol. The van der Waals surface area contributed by atoms with Crippen LogP contribution in [0.25, 0.3) is 0 Å². The van der Waals surface area contributed by atoms with Crippen molar-refractivity contribution in [2.75, 3.05) is 0 Å². The number of allylic oxidation sites excluding steroid dienone is 1. The average molecular weight is 507 g/mol. The zero-order valence-corrected chi connectivity index (χ0v) is 22.3. The molecule has 4 aliphatic rings. The first-order chi connectivity index (χ1) is 16.6. The van der Waals surface area contributed by atoms with Gasteiger partial charge < -0.3 is 29.9 Å². The lowest BCUT2D eigenvalue weighted by Gasteiger charge is -2.67. The maximum atomic E-state index is 13.0. The Balaban J connectivity index is 1.88. The molecule has 0 aliphatic heterocycles. The van der Waals surface area contributed by atoms with E-state index < -0.39 is 63.8 Å². The molecule has 4 aliphatic carbocycles.